The lowest BCUT2D eigenvalue weighted by Crippen LogP contribution is -2.17. The molecular weight excluding hydrogens is 368 g/mol. The Morgan fingerprint density at radius 1 is 1.10 bits per heavy atom. The van der Waals surface area contributed by atoms with E-state index in [0.717, 1.165) is 11.1 Å². The van der Waals surface area contributed by atoms with Crippen LogP contribution >= 0.6 is 0 Å². The average molecular weight is 388 g/mol. The van der Waals surface area contributed by atoms with Crippen molar-refractivity contribution in [1.29, 1.82) is 0 Å². The fourth-order valence-electron chi connectivity index (χ4n) is 3.20. The summed E-state index contributed by atoms with van der Waals surface area (Å²) in [6.07, 6.45) is 2.79. The lowest BCUT2D eigenvalue weighted by atomic mass is 10.0. The van der Waals surface area contributed by atoms with Gasteiger partial charge >= 0.3 is 0 Å². The van der Waals surface area contributed by atoms with Crippen molar-refractivity contribution in [2.24, 2.45) is 0 Å². The predicted octanol–water partition coefficient (Wildman–Crippen LogP) is 3.79. The number of pyridine rings is 1. The molecule has 0 spiro atoms. The molecular formula is C23H20N2O4. The fraction of sp³-hybridized carbons (Fsp3) is 0.174. The quantitative estimate of drug-likeness (QED) is 0.720. The molecule has 6 nitrogen and oxygen atoms in total. The third kappa shape index (κ3) is 4.27. The second-order valence-corrected chi connectivity index (χ2v) is 6.74. The predicted molar refractivity (Wildman–Crippen MR) is 108 cm³/mol. The van der Waals surface area contributed by atoms with E-state index < -0.39 is 0 Å². The maximum Gasteiger partial charge on any atom is 0.251 e. The SMILES string of the molecule is CNC(=O)c1ccc(Cc2ccnc(Oc3ccc4c(c3)OCCC4=O)c2)cc1. The molecule has 1 aliphatic heterocycles. The zero-order valence-corrected chi connectivity index (χ0v) is 16.0. The Hall–Kier alpha value is -3.67. The van der Waals surface area contributed by atoms with Crippen LogP contribution in [0.5, 0.6) is 17.4 Å². The summed E-state index contributed by atoms with van der Waals surface area (Å²) in [5.74, 6) is 1.56. The van der Waals surface area contributed by atoms with Crippen LogP contribution in [0.2, 0.25) is 0 Å². The van der Waals surface area contributed by atoms with Gasteiger partial charge in [-0.15, -0.1) is 0 Å². The molecule has 1 aliphatic rings. The van der Waals surface area contributed by atoms with Gasteiger partial charge in [-0.25, -0.2) is 4.98 Å². The summed E-state index contributed by atoms with van der Waals surface area (Å²) in [6, 6.07) is 16.5. The summed E-state index contributed by atoms with van der Waals surface area (Å²) in [5, 5.41) is 2.61. The Labute approximate surface area is 168 Å². The van der Waals surface area contributed by atoms with Gasteiger partial charge in [0.25, 0.3) is 5.91 Å². The van der Waals surface area contributed by atoms with E-state index in [4.69, 9.17) is 9.47 Å². The Morgan fingerprint density at radius 3 is 2.72 bits per heavy atom. The second-order valence-electron chi connectivity index (χ2n) is 6.74. The van der Waals surface area contributed by atoms with Gasteiger partial charge in [-0.2, -0.15) is 0 Å². The summed E-state index contributed by atoms with van der Waals surface area (Å²) in [6.45, 7) is 0.391. The van der Waals surface area contributed by atoms with E-state index in [0.29, 0.717) is 48.0 Å². The number of Topliss-reactive ketones (excluding diaryl/α,β-unsaturated/α-hetero) is 1. The highest BCUT2D eigenvalue weighted by Gasteiger charge is 2.19. The number of fused-ring (bicyclic) bond motifs is 1. The van der Waals surface area contributed by atoms with Crippen LogP contribution in [0.25, 0.3) is 0 Å². The van der Waals surface area contributed by atoms with Crippen LogP contribution in [0.3, 0.4) is 0 Å². The van der Waals surface area contributed by atoms with E-state index >= 15 is 0 Å². The van der Waals surface area contributed by atoms with E-state index in [1.807, 2.05) is 24.3 Å². The molecule has 2 aromatic carbocycles. The third-order valence-corrected chi connectivity index (χ3v) is 4.71. The van der Waals surface area contributed by atoms with E-state index in [9.17, 15) is 9.59 Å². The molecule has 0 bridgehead atoms. The average Bonchev–Trinajstić information content (AvgIpc) is 2.74. The highest BCUT2D eigenvalue weighted by molar-refractivity contribution is 5.99. The highest BCUT2D eigenvalue weighted by Crippen LogP contribution is 2.31. The van der Waals surface area contributed by atoms with Gasteiger partial charge < -0.3 is 14.8 Å². The van der Waals surface area contributed by atoms with Crippen LogP contribution in [-0.2, 0) is 6.42 Å². The number of amides is 1. The maximum absolute atomic E-state index is 11.9. The number of hydrogen-bond donors (Lipinski definition) is 1. The molecule has 0 saturated carbocycles. The number of carbonyl (C=O) groups excluding carboxylic acids is 2. The van der Waals surface area contributed by atoms with Gasteiger partial charge in [0.15, 0.2) is 5.78 Å². The molecule has 2 heterocycles. The van der Waals surface area contributed by atoms with E-state index in [2.05, 4.69) is 10.3 Å². The first-order chi connectivity index (χ1) is 14.1. The normalized spacial score (nSPS) is 12.7. The minimum atomic E-state index is -0.105. The Balaban J connectivity index is 1.48. The molecule has 0 unspecified atom stereocenters. The monoisotopic (exact) mass is 388 g/mol. The summed E-state index contributed by atoms with van der Waals surface area (Å²) in [7, 11) is 1.61. The van der Waals surface area contributed by atoms with Crippen molar-refractivity contribution >= 4 is 11.7 Å². The first kappa shape index (κ1) is 18.7. The van der Waals surface area contributed by atoms with Gasteiger partial charge in [0.05, 0.1) is 12.2 Å². The molecule has 0 fully saturated rings. The van der Waals surface area contributed by atoms with Crippen LogP contribution in [-0.4, -0.2) is 30.3 Å². The van der Waals surface area contributed by atoms with Crippen molar-refractivity contribution in [3.05, 3.63) is 83.0 Å². The number of nitrogens with zero attached hydrogens (tertiary/aromatic N) is 1. The molecule has 146 valence electrons. The van der Waals surface area contributed by atoms with Gasteiger partial charge in [0.2, 0.25) is 5.88 Å². The highest BCUT2D eigenvalue weighted by atomic mass is 16.5. The second kappa shape index (κ2) is 8.14. The van der Waals surface area contributed by atoms with Crippen molar-refractivity contribution in [3.63, 3.8) is 0 Å². The summed E-state index contributed by atoms with van der Waals surface area (Å²) < 4.78 is 11.4. The van der Waals surface area contributed by atoms with Crippen molar-refractivity contribution in [2.75, 3.05) is 13.7 Å². The number of hydrogen-bond acceptors (Lipinski definition) is 5. The van der Waals surface area contributed by atoms with Crippen molar-refractivity contribution < 1.29 is 19.1 Å². The third-order valence-electron chi connectivity index (χ3n) is 4.71. The van der Waals surface area contributed by atoms with E-state index in [-0.39, 0.29) is 11.7 Å². The minimum absolute atomic E-state index is 0.0837. The van der Waals surface area contributed by atoms with Crippen LogP contribution < -0.4 is 14.8 Å². The van der Waals surface area contributed by atoms with Crippen molar-refractivity contribution in [2.45, 2.75) is 12.8 Å². The molecule has 4 rings (SSSR count). The Kier molecular flexibility index (Phi) is 5.24. The molecule has 0 radical (unpaired) electrons. The van der Waals surface area contributed by atoms with Crippen LogP contribution in [0.4, 0.5) is 0 Å². The first-order valence-corrected chi connectivity index (χ1v) is 9.36. The number of benzene rings is 2. The number of nitrogens with one attached hydrogen (secondary N) is 1. The van der Waals surface area contributed by atoms with Crippen LogP contribution in [0.1, 0.15) is 38.3 Å². The molecule has 0 saturated heterocycles. The van der Waals surface area contributed by atoms with Gasteiger partial charge in [0.1, 0.15) is 11.5 Å². The molecule has 1 N–H and O–H groups in total. The number of ketones is 1. The summed E-state index contributed by atoms with van der Waals surface area (Å²) in [5.41, 5.74) is 3.33. The molecule has 1 aromatic heterocycles. The zero-order chi connectivity index (χ0) is 20.2. The lowest BCUT2D eigenvalue weighted by molar-refractivity contribution is 0.0931. The Morgan fingerprint density at radius 2 is 1.93 bits per heavy atom. The largest absolute Gasteiger partial charge is 0.492 e. The molecule has 3 aromatic rings. The number of aromatic nitrogens is 1. The summed E-state index contributed by atoms with van der Waals surface area (Å²) >= 11 is 0. The molecule has 29 heavy (non-hydrogen) atoms. The fourth-order valence-corrected chi connectivity index (χ4v) is 3.20. The topological polar surface area (TPSA) is 77.5 Å². The van der Waals surface area contributed by atoms with E-state index in [1.165, 1.54) is 0 Å². The minimum Gasteiger partial charge on any atom is -0.492 e. The van der Waals surface area contributed by atoms with Gasteiger partial charge in [0, 0.05) is 37.4 Å². The number of ether oxygens (including phenoxy) is 2. The lowest BCUT2D eigenvalue weighted by Gasteiger charge is -2.17. The van der Waals surface area contributed by atoms with Gasteiger partial charge in [-0.1, -0.05) is 12.1 Å². The van der Waals surface area contributed by atoms with Crippen LogP contribution in [0, 0.1) is 0 Å². The maximum atomic E-state index is 11.9. The van der Waals surface area contributed by atoms with Crippen molar-refractivity contribution in [3.8, 4) is 17.4 Å². The van der Waals surface area contributed by atoms with Gasteiger partial charge in [-0.3, -0.25) is 9.59 Å². The summed E-state index contributed by atoms with van der Waals surface area (Å²) in [4.78, 5) is 27.8. The smallest absolute Gasteiger partial charge is 0.251 e. The standard InChI is InChI=1S/C23H20N2O4/c1-24-23(27)17-4-2-15(3-5-17)12-16-8-10-25-22(13-16)29-18-6-7-19-20(26)9-11-28-21(19)14-18/h2-8,10,13-14H,9,11-12H2,1H3,(H,24,27). The number of rotatable bonds is 5. The molecule has 0 atom stereocenters. The molecule has 1 amide bonds. The van der Waals surface area contributed by atoms with E-state index in [1.54, 1.807) is 43.6 Å². The number of carbonyl (C=O) groups is 2. The molecule has 0 aliphatic carbocycles. The van der Waals surface area contributed by atoms with Crippen molar-refractivity contribution in [1.82, 2.24) is 10.3 Å². The van der Waals surface area contributed by atoms with Gasteiger partial charge in [-0.05, 0) is 47.9 Å². The zero-order valence-electron chi connectivity index (χ0n) is 16.0. The van der Waals surface area contributed by atoms with Crippen LogP contribution in [0.15, 0.2) is 60.8 Å². The molecule has 6 heteroatoms. The Bertz CT molecular complexity index is 1060. The first-order valence-electron chi connectivity index (χ1n) is 9.36.